The molecule has 0 aliphatic rings. The third-order valence-electron chi connectivity index (χ3n) is 2.53. The van der Waals surface area contributed by atoms with Gasteiger partial charge in [0.1, 0.15) is 5.75 Å². The van der Waals surface area contributed by atoms with Crippen molar-refractivity contribution in [2.45, 2.75) is 11.9 Å². The van der Waals surface area contributed by atoms with Gasteiger partial charge < -0.3 is 10.1 Å². The molecule has 0 aliphatic carbocycles. The van der Waals surface area contributed by atoms with Crippen LogP contribution in [0.5, 0.6) is 5.75 Å². The summed E-state index contributed by atoms with van der Waals surface area (Å²) in [5, 5.41) is 8.51. The summed E-state index contributed by atoms with van der Waals surface area (Å²) < 4.78 is 31.6. The number of ether oxygens (including phenoxy) is 1. The van der Waals surface area contributed by atoms with E-state index in [1.807, 2.05) is 0 Å². The van der Waals surface area contributed by atoms with Gasteiger partial charge in [-0.1, -0.05) is 0 Å². The quantitative estimate of drug-likeness (QED) is 0.767. The lowest BCUT2D eigenvalue weighted by molar-refractivity contribution is -0.114. The molecule has 0 saturated carbocycles. The number of aromatic nitrogens is 2. The predicted octanol–water partition coefficient (Wildman–Crippen LogP) is 1.18. The van der Waals surface area contributed by atoms with Crippen LogP contribution in [0, 0.1) is 0 Å². The highest BCUT2D eigenvalue weighted by Gasteiger charge is 2.16. The lowest BCUT2D eigenvalue weighted by Crippen LogP contribution is -2.14. The molecule has 0 saturated heterocycles. The molecular formula is C12H14N4O4S. The van der Waals surface area contributed by atoms with E-state index < -0.39 is 10.0 Å². The number of carbonyl (C=O) groups excluding carboxylic acids is 1. The Morgan fingerprint density at radius 3 is 2.67 bits per heavy atom. The monoisotopic (exact) mass is 310 g/mol. The van der Waals surface area contributed by atoms with Crippen molar-refractivity contribution in [2.24, 2.45) is 0 Å². The second-order valence-electron chi connectivity index (χ2n) is 4.12. The van der Waals surface area contributed by atoms with Gasteiger partial charge in [-0.15, -0.1) is 0 Å². The minimum atomic E-state index is -3.74. The molecule has 0 spiro atoms. The first-order valence-electron chi connectivity index (χ1n) is 5.90. The van der Waals surface area contributed by atoms with Crippen molar-refractivity contribution in [3.05, 3.63) is 30.5 Å². The van der Waals surface area contributed by atoms with Gasteiger partial charge in [-0.3, -0.25) is 14.6 Å². The SMILES string of the molecule is COc1cc(NS(=O)(=O)c2ccn[nH]2)ccc1NC(C)=O. The fraction of sp³-hybridized carbons (Fsp3) is 0.167. The molecule has 8 nitrogen and oxygen atoms in total. The normalized spacial score (nSPS) is 11.0. The van der Waals surface area contributed by atoms with Gasteiger partial charge in [-0.2, -0.15) is 13.5 Å². The zero-order chi connectivity index (χ0) is 15.5. The summed E-state index contributed by atoms with van der Waals surface area (Å²) in [6.07, 6.45) is 1.34. The molecule has 112 valence electrons. The Hall–Kier alpha value is -2.55. The number of hydrogen-bond donors (Lipinski definition) is 3. The number of aromatic amines is 1. The summed E-state index contributed by atoms with van der Waals surface area (Å²) >= 11 is 0. The lowest BCUT2D eigenvalue weighted by atomic mass is 10.2. The second-order valence-corrected chi connectivity index (χ2v) is 5.77. The minimum Gasteiger partial charge on any atom is -0.494 e. The molecule has 0 radical (unpaired) electrons. The Bertz CT molecular complexity index is 741. The van der Waals surface area contributed by atoms with Gasteiger partial charge >= 0.3 is 0 Å². The van der Waals surface area contributed by atoms with Crippen LogP contribution in [0.3, 0.4) is 0 Å². The first kappa shape index (κ1) is 14.9. The van der Waals surface area contributed by atoms with Gasteiger partial charge in [0, 0.05) is 13.0 Å². The van der Waals surface area contributed by atoms with Crippen LogP contribution < -0.4 is 14.8 Å². The first-order valence-corrected chi connectivity index (χ1v) is 7.38. The molecule has 0 unspecified atom stereocenters. The van der Waals surface area contributed by atoms with Gasteiger partial charge in [0.05, 0.1) is 24.7 Å². The van der Waals surface area contributed by atoms with Crippen LogP contribution in [0.25, 0.3) is 0 Å². The Labute approximate surface area is 121 Å². The minimum absolute atomic E-state index is 0.0487. The number of H-pyrrole nitrogens is 1. The molecule has 0 fully saturated rings. The summed E-state index contributed by atoms with van der Waals surface area (Å²) in [7, 11) is -2.32. The van der Waals surface area contributed by atoms with Crippen LogP contribution in [0.2, 0.25) is 0 Å². The zero-order valence-corrected chi connectivity index (χ0v) is 12.2. The summed E-state index contributed by atoms with van der Waals surface area (Å²) in [5.41, 5.74) is 0.755. The van der Waals surface area contributed by atoms with Gasteiger partial charge in [0.15, 0.2) is 5.03 Å². The maximum atomic E-state index is 12.0. The number of amides is 1. The molecule has 1 aromatic heterocycles. The molecular weight excluding hydrogens is 296 g/mol. The van der Waals surface area contributed by atoms with E-state index in [9.17, 15) is 13.2 Å². The Morgan fingerprint density at radius 2 is 2.10 bits per heavy atom. The van der Waals surface area contributed by atoms with E-state index in [1.165, 1.54) is 38.4 Å². The van der Waals surface area contributed by atoms with Crippen molar-refractivity contribution in [1.29, 1.82) is 0 Å². The molecule has 21 heavy (non-hydrogen) atoms. The van der Waals surface area contributed by atoms with Crippen LogP contribution in [0.4, 0.5) is 11.4 Å². The maximum Gasteiger partial charge on any atom is 0.278 e. The molecule has 9 heteroatoms. The van der Waals surface area contributed by atoms with E-state index in [0.29, 0.717) is 17.1 Å². The first-order chi connectivity index (χ1) is 9.92. The van der Waals surface area contributed by atoms with E-state index in [2.05, 4.69) is 20.2 Å². The number of anilines is 2. The van der Waals surface area contributed by atoms with Crippen molar-refractivity contribution in [3.63, 3.8) is 0 Å². The largest absolute Gasteiger partial charge is 0.494 e. The van der Waals surface area contributed by atoms with E-state index in [-0.39, 0.29) is 10.9 Å². The molecule has 1 aromatic carbocycles. The molecule has 1 heterocycles. The Morgan fingerprint density at radius 1 is 1.33 bits per heavy atom. The van der Waals surface area contributed by atoms with Crippen molar-refractivity contribution in [2.75, 3.05) is 17.1 Å². The standard InChI is InChI=1S/C12H14N4O4S/c1-8(17)14-10-4-3-9(7-11(10)20-2)16-21(18,19)12-5-6-13-15-12/h3-7,16H,1-2H3,(H,13,15)(H,14,17). The van der Waals surface area contributed by atoms with Crippen LogP contribution in [-0.4, -0.2) is 31.6 Å². The van der Waals surface area contributed by atoms with Gasteiger partial charge in [0.25, 0.3) is 10.0 Å². The van der Waals surface area contributed by atoms with Crippen molar-refractivity contribution >= 4 is 27.3 Å². The maximum absolute atomic E-state index is 12.0. The average molecular weight is 310 g/mol. The summed E-state index contributed by atoms with van der Waals surface area (Å²) in [4.78, 5) is 11.1. The van der Waals surface area contributed by atoms with E-state index in [4.69, 9.17) is 4.74 Å². The van der Waals surface area contributed by atoms with E-state index in [0.717, 1.165) is 0 Å². The van der Waals surface area contributed by atoms with Crippen LogP contribution in [0.1, 0.15) is 6.92 Å². The number of nitrogens with zero attached hydrogens (tertiary/aromatic N) is 1. The fourth-order valence-corrected chi connectivity index (χ4v) is 2.61. The molecule has 1 amide bonds. The van der Waals surface area contributed by atoms with Crippen molar-refractivity contribution in [3.8, 4) is 5.75 Å². The van der Waals surface area contributed by atoms with Crippen LogP contribution in [-0.2, 0) is 14.8 Å². The van der Waals surface area contributed by atoms with Gasteiger partial charge in [-0.25, -0.2) is 0 Å². The molecule has 0 aliphatic heterocycles. The highest BCUT2D eigenvalue weighted by atomic mass is 32.2. The fourth-order valence-electron chi connectivity index (χ4n) is 1.65. The van der Waals surface area contributed by atoms with Crippen molar-refractivity contribution in [1.82, 2.24) is 10.2 Å². The number of hydrogen-bond acceptors (Lipinski definition) is 5. The number of nitrogens with one attached hydrogen (secondary N) is 3. The number of sulfonamides is 1. The number of benzene rings is 1. The zero-order valence-electron chi connectivity index (χ0n) is 11.4. The summed E-state index contributed by atoms with van der Waals surface area (Å²) in [5.74, 6) is 0.0918. The number of methoxy groups -OCH3 is 1. The van der Waals surface area contributed by atoms with Gasteiger partial charge in [0.2, 0.25) is 5.91 Å². The van der Waals surface area contributed by atoms with E-state index in [1.54, 1.807) is 6.07 Å². The van der Waals surface area contributed by atoms with Crippen LogP contribution in [0.15, 0.2) is 35.5 Å². The third kappa shape index (κ3) is 3.51. The molecule has 0 bridgehead atoms. The third-order valence-corrected chi connectivity index (χ3v) is 3.84. The summed E-state index contributed by atoms with van der Waals surface area (Å²) in [6.45, 7) is 1.37. The summed E-state index contributed by atoms with van der Waals surface area (Å²) in [6, 6.07) is 5.87. The number of rotatable bonds is 5. The smallest absolute Gasteiger partial charge is 0.278 e. The molecule has 0 atom stereocenters. The predicted molar refractivity (Wildman–Crippen MR) is 76.7 cm³/mol. The van der Waals surface area contributed by atoms with Crippen molar-refractivity contribution < 1.29 is 17.9 Å². The lowest BCUT2D eigenvalue weighted by Gasteiger charge is -2.12. The molecule has 2 aromatic rings. The Kier molecular flexibility index (Phi) is 4.13. The van der Waals surface area contributed by atoms with Gasteiger partial charge in [-0.05, 0) is 18.2 Å². The Balaban J connectivity index is 2.28. The average Bonchev–Trinajstić information content (AvgIpc) is 2.94. The topological polar surface area (TPSA) is 113 Å². The second kappa shape index (κ2) is 5.83. The highest BCUT2D eigenvalue weighted by molar-refractivity contribution is 7.92. The number of carbonyl (C=O) groups is 1. The van der Waals surface area contributed by atoms with Crippen LogP contribution >= 0.6 is 0 Å². The molecule has 2 rings (SSSR count). The highest BCUT2D eigenvalue weighted by Crippen LogP contribution is 2.28. The van der Waals surface area contributed by atoms with E-state index >= 15 is 0 Å². The molecule has 3 N–H and O–H groups in total.